The zero-order chi connectivity index (χ0) is 34.6. The van der Waals surface area contributed by atoms with Crippen molar-refractivity contribution in [1.29, 1.82) is 0 Å². The predicted molar refractivity (Wildman–Crippen MR) is 213 cm³/mol. The predicted octanol–water partition coefficient (Wildman–Crippen LogP) is 15.2. The van der Waals surface area contributed by atoms with Crippen LogP contribution in [0.3, 0.4) is 0 Å². The molecule has 0 aromatic heterocycles. The molecule has 2 heteroatoms. The van der Waals surface area contributed by atoms with Crippen molar-refractivity contribution in [2.45, 2.75) is 149 Å². The number of rotatable bonds is 10. The standard InChI is InChI=1S/2C12H18.2C10H16.2CH4.2Y/c1-9(2)11-5-7-12(8-6-11)10(3)4;1-9(2)11-6-5-7-12(8-11)10(3)4;1-8(2)6-7-10(5)9(3)4;1-6-10(9(4)5)7-8(2)3;;;;/h2*5-10H,1-4H3;5,7-9H,1-4H3;1,6,8-9H,2-5H3;2*1H4;;/q;;2*-2;;;;. The van der Waals surface area contributed by atoms with Crippen molar-refractivity contribution in [3.8, 4) is 0 Å². The summed E-state index contributed by atoms with van der Waals surface area (Å²) in [5.41, 5.74) is 7.78. The summed E-state index contributed by atoms with van der Waals surface area (Å²) in [7, 11) is 0. The van der Waals surface area contributed by atoms with E-state index in [2.05, 4.69) is 171 Å². The fourth-order valence-electron chi connectivity index (χ4n) is 3.71. The van der Waals surface area contributed by atoms with Crippen LogP contribution in [0, 0.1) is 49.0 Å². The number of hydrogen-bond donors (Lipinski definition) is 0. The molecule has 2 rings (SSSR count). The van der Waals surface area contributed by atoms with Crippen molar-refractivity contribution in [3.05, 3.63) is 119 Å². The molecule has 0 heterocycles. The maximum atomic E-state index is 5.66. The van der Waals surface area contributed by atoms with Crippen LogP contribution in [0.1, 0.15) is 172 Å². The third-order valence-electron chi connectivity index (χ3n) is 7.02. The van der Waals surface area contributed by atoms with E-state index in [4.69, 9.17) is 13.2 Å². The van der Waals surface area contributed by atoms with Crippen LogP contribution >= 0.6 is 0 Å². The topological polar surface area (TPSA) is 0 Å². The monoisotopic (exact) mass is 806 g/mol. The molecule has 270 valence electrons. The zero-order valence-corrected chi connectivity index (χ0v) is 38.4. The van der Waals surface area contributed by atoms with E-state index in [1.165, 1.54) is 22.3 Å². The minimum Gasteiger partial charge on any atom is -0.394 e. The molecular formula is C46H76Y2-4. The van der Waals surface area contributed by atoms with Crippen LogP contribution in [-0.2, 0) is 65.4 Å². The maximum absolute atomic E-state index is 5.66. The normalized spacial score (nSPS) is 10.7. The molecule has 0 nitrogen and oxygen atoms in total. The summed E-state index contributed by atoms with van der Waals surface area (Å²) in [6.07, 6.45) is 9.93. The van der Waals surface area contributed by atoms with E-state index in [1.54, 1.807) is 6.08 Å². The summed E-state index contributed by atoms with van der Waals surface area (Å²) in [6, 6.07) is 17.8. The minimum absolute atomic E-state index is 0. The van der Waals surface area contributed by atoms with Crippen molar-refractivity contribution in [3.63, 3.8) is 0 Å². The van der Waals surface area contributed by atoms with Crippen molar-refractivity contribution < 1.29 is 65.4 Å². The SMILES string of the molecule is C.C.CC(C)c1ccc(C(C)C)cc1.CC(C)c1cccc(C(C)C)c1.[CH-]=C(C=[C-]C(C)C)C(C)C.[CH-]=CC(=[C-]C(C)C)C(C)C.[Y].[Y]. The van der Waals surface area contributed by atoms with Gasteiger partial charge in [0.15, 0.2) is 0 Å². The Morgan fingerprint density at radius 1 is 0.542 bits per heavy atom. The van der Waals surface area contributed by atoms with E-state index >= 15 is 0 Å². The second-order valence-corrected chi connectivity index (χ2v) is 14.2. The molecular weight excluding hydrogens is 730 g/mol. The average Bonchev–Trinajstić information content (AvgIpc) is 2.95. The van der Waals surface area contributed by atoms with Gasteiger partial charge in [-0.1, -0.05) is 174 Å². The van der Waals surface area contributed by atoms with E-state index in [-0.39, 0.29) is 80.3 Å². The zero-order valence-electron chi connectivity index (χ0n) is 32.7. The van der Waals surface area contributed by atoms with Gasteiger partial charge in [0, 0.05) is 65.4 Å². The molecule has 0 aliphatic heterocycles. The maximum Gasteiger partial charge on any atom is 0 e. The van der Waals surface area contributed by atoms with Crippen LogP contribution in [0.4, 0.5) is 0 Å². The van der Waals surface area contributed by atoms with Gasteiger partial charge in [0.2, 0.25) is 0 Å². The second-order valence-electron chi connectivity index (χ2n) is 14.2. The number of benzene rings is 2. The molecule has 0 bridgehead atoms. The number of hydrogen-bond acceptors (Lipinski definition) is 0. The van der Waals surface area contributed by atoms with Gasteiger partial charge in [-0.05, 0) is 45.9 Å². The largest absolute Gasteiger partial charge is 0.394 e. The van der Waals surface area contributed by atoms with Crippen molar-refractivity contribution in [2.75, 3.05) is 0 Å². The first kappa shape index (κ1) is 59.7. The van der Waals surface area contributed by atoms with Gasteiger partial charge in [0.05, 0.1) is 0 Å². The van der Waals surface area contributed by atoms with Gasteiger partial charge in [-0.15, -0.1) is 23.7 Å². The van der Waals surface area contributed by atoms with Gasteiger partial charge in [-0.3, -0.25) is 0 Å². The molecule has 48 heavy (non-hydrogen) atoms. The van der Waals surface area contributed by atoms with E-state index in [9.17, 15) is 0 Å². The molecule has 0 aliphatic rings. The molecule has 2 aromatic carbocycles. The Bertz CT molecular complexity index is 1040. The van der Waals surface area contributed by atoms with Crippen LogP contribution in [0.5, 0.6) is 0 Å². The summed E-state index contributed by atoms with van der Waals surface area (Å²) in [6.45, 7) is 45.7. The van der Waals surface area contributed by atoms with Gasteiger partial charge < -0.3 is 48.6 Å². The Morgan fingerprint density at radius 2 is 0.896 bits per heavy atom. The van der Waals surface area contributed by atoms with E-state index in [0.717, 1.165) is 11.1 Å². The van der Waals surface area contributed by atoms with Crippen molar-refractivity contribution >= 4 is 0 Å². The van der Waals surface area contributed by atoms with Crippen LogP contribution < -0.4 is 0 Å². The summed E-state index contributed by atoms with van der Waals surface area (Å²) in [4.78, 5) is 0. The first-order valence-electron chi connectivity index (χ1n) is 16.9. The average molecular weight is 807 g/mol. The molecule has 2 radical (unpaired) electrons. The van der Waals surface area contributed by atoms with Gasteiger partial charge in [0.25, 0.3) is 0 Å². The van der Waals surface area contributed by atoms with Crippen LogP contribution in [0.25, 0.3) is 0 Å². The molecule has 0 saturated carbocycles. The molecule has 0 fully saturated rings. The molecule has 0 aliphatic carbocycles. The van der Waals surface area contributed by atoms with Crippen molar-refractivity contribution in [2.24, 2.45) is 23.7 Å². The first-order chi connectivity index (χ1) is 20.3. The van der Waals surface area contributed by atoms with E-state index in [1.807, 2.05) is 6.08 Å². The fraction of sp³-hybridized carbons (Fsp3) is 0.565. The Labute approximate surface area is 354 Å². The van der Waals surface area contributed by atoms with Crippen LogP contribution in [-0.4, -0.2) is 0 Å². The van der Waals surface area contributed by atoms with Crippen LogP contribution in [0.2, 0.25) is 0 Å². The smallest absolute Gasteiger partial charge is 0 e. The Kier molecular flexibility index (Phi) is 42.0. The molecule has 0 saturated heterocycles. The summed E-state index contributed by atoms with van der Waals surface area (Å²) in [5, 5.41) is 0. The van der Waals surface area contributed by atoms with Gasteiger partial charge in [-0.2, -0.15) is 0 Å². The Morgan fingerprint density at radius 3 is 1.10 bits per heavy atom. The molecule has 0 amide bonds. The van der Waals surface area contributed by atoms with Gasteiger partial charge in [-0.25, -0.2) is 0 Å². The third-order valence-corrected chi connectivity index (χ3v) is 7.02. The molecule has 0 atom stereocenters. The Hall–Kier alpha value is -0.392. The molecule has 2 aromatic rings. The van der Waals surface area contributed by atoms with E-state index in [0.29, 0.717) is 47.3 Å². The van der Waals surface area contributed by atoms with Gasteiger partial charge in [0.1, 0.15) is 0 Å². The summed E-state index contributed by atoms with van der Waals surface area (Å²) in [5.74, 6) is 4.44. The fourth-order valence-corrected chi connectivity index (χ4v) is 3.71. The van der Waals surface area contributed by atoms with Crippen LogP contribution in [0.15, 0.2) is 71.8 Å². The Balaban J connectivity index is -0.000000120. The van der Waals surface area contributed by atoms with Crippen molar-refractivity contribution in [1.82, 2.24) is 0 Å². The molecule has 0 spiro atoms. The van der Waals surface area contributed by atoms with E-state index < -0.39 is 0 Å². The number of allylic oxidation sites excluding steroid dienone is 6. The molecule has 0 unspecified atom stereocenters. The second kappa shape index (κ2) is 33.7. The molecule has 0 N–H and O–H groups in total. The summed E-state index contributed by atoms with van der Waals surface area (Å²) < 4.78 is 0. The quantitative estimate of drug-likeness (QED) is 0.166. The first-order valence-corrected chi connectivity index (χ1v) is 16.9. The third kappa shape index (κ3) is 30.4. The summed E-state index contributed by atoms with van der Waals surface area (Å²) >= 11 is 0. The minimum atomic E-state index is 0. The van der Waals surface area contributed by atoms with Gasteiger partial charge >= 0.3 is 0 Å².